The van der Waals surface area contributed by atoms with Gasteiger partial charge in [-0.3, -0.25) is 4.98 Å². The topological polar surface area (TPSA) is 91.0 Å². The molecule has 0 fully saturated rings. The summed E-state index contributed by atoms with van der Waals surface area (Å²) in [7, 11) is -4.00. The van der Waals surface area contributed by atoms with E-state index in [0.717, 1.165) is 22.3 Å². The molecule has 5 aromatic rings. The molecular weight excluding hydrogens is 525 g/mol. The summed E-state index contributed by atoms with van der Waals surface area (Å²) in [5.74, 6) is -0.115. The molecule has 0 radical (unpaired) electrons. The number of fused-ring (bicyclic) bond motifs is 1. The van der Waals surface area contributed by atoms with Gasteiger partial charge in [-0.25, -0.2) is 17.8 Å². The molecule has 38 heavy (non-hydrogen) atoms. The molecule has 0 saturated heterocycles. The maximum Gasteiger partial charge on any atom is 0.243 e. The highest BCUT2D eigenvalue weighted by molar-refractivity contribution is 7.89. The molecule has 0 bridgehead atoms. The third-order valence-corrected chi connectivity index (χ3v) is 8.09. The molecule has 2 N–H and O–H groups in total. The fraction of sp³-hybridized carbons (Fsp3) is 0.143. The van der Waals surface area contributed by atoms with Crippen LogP contribution in [0.25, 0.3) is 11.0 Å². The second kappa shape index (κ2) is 11.4. The Morgan fingerprint density at radius 2 is 1.71 bits per heavy atom. The van der Waals surface area contributed by atoms with E-state index in [0.29, 0.717) is 18.9 Å². The zero-order valence-corrected chi connectivity index (χ0v) is 21.9. The lowest BCUT2D eigenvalue weighted by atomic mass is 10.2. The van der Waals surface area contributed by atoms with Crippen molar-refractivity contribution in [2.75, 3.05) is 0 Å². The van der Waals surface area contributed by atoms with Crippen molar-refractivity contribution >= 4 is 32.7 Å². The van der Waals surface area contributed by atoms with Crippen LogP contribution < -0.4 is 5.32 Å². The summed E-state index contributed by atoms with van der Waals surface area (Å²) in [6, 6.07) is 24.0. The van der Waals surface area contributed by atoms with Crippen molar-refractivity contribution in [1.29, 1.82) is 0 Å². The van der Waals surface area contributed by atoms with Crippen LogP contribution in [-0.2, 0) is 36.2 Å². The van der Waals surface area contributed by atoms with E-state index >= 15 is 0 Å². The van der Waals surface area contributed by atoms with Gasteiger partial charge in [0, 0.05) is 36.4 Å². The number of nitrogens with zero attached hydrogens (tertiary/aromatic N) is 3. The molecular formula is C28H25ClFN5O2S. The van der Waals surface area contributed by atoms with Crippen molar-refractivity contribution in [3.8, 4) is 0 Å². The monoisotopic (exact) mass is 549 g/mol. The third kappa shape index (κ3) is 6.08. The fourth-order valence-corrected chi connectivity index (χ4v) is 5.62. The Morgan fingerprint density at radius 1 is 0.921 bits per heavy atom. The zero-order valence-electron chi connectivity index (χ0n) is 20.3. The number of benzene rings is 3. The number of aromatic nitrogens is 3. The van der Waals surface area contributed by atoms with Crippen molar-refractivity contribution in [3.05, 3.63) is 125 Å². The zero-order chi connectivity index (χ0) is 26.5. The van der Waals surface area contributed by atoms with E-state index in [1.165, 1.54) is 16.4 Å². The van der Waals surface area contributed by atoms with E-state index in [2.05, 4.69) is 20.3 Å². The van der Waals surface area contributed by atoms with E-state index in [1.807, 2.05) is 42.5 Å². The highest BCUT2D eigenvalue weighted by Gasteiger charge is 2.27. The van der Waals surface area contributed by atoms with E-state index < -0.39 is 15.8 Å². The predicted molar refractivity (Wildman–Crippen MR) is 145 cm³/mol. The summed E-state index contributed by atoms with van der Waals surface area (Å²) in [5, 5.41) is 3.54. The Hall–Kier alpha value is -3.63. The van der Waals surface area contributed by atoms with Crippen LogP contribution in [0, 0.1) is 5.82 Å². The Morgan fingerprint density at radius 3 is 2.45 bits per heavy atom. The van der Waals surface area contributed by atoms with E-state index in [9.17, 15) is 12.8 Å². The molecule has 0 aliphatic carbocycles. The first-order chi connectivity index (χ1) is 18.4. The minimum absolute atomic E-state index is 0.0630. The highest BCUT2D eigenvalue weighted by atomic mass is 35.5. The molecule has 0 atom stereocenters. The molecule has 2 heterocycles. The van der Waals surface area contributed by atoms with Crippen LogP contribution in [0.1, 0.15) is 22.6 Å². The van der Waals surface area contributed by atoms with Gasteiger partial charge >= 0.3 is 0 Å². The lowest BCUT2D eigenvalue weighted by molar-refractivity contribution is 0.387. The maximum absolute atomic E-state index is 14.7. The molecule has 2 aromatic heterocycles. The molecule has 0 aliphatic rings. The Balaban J connectivity index is 1.37. The van der Waals surface area contributed by atoms with Gasteiger partial charge in [0.05, 0.1) is 28.2 Å². The van der Waals surface area contributed by atoms with Crippen LogP contribution >= 0.6 is 11.6 Å². The molecule has 0 spiro atoms. The molecule has 0 unspecified atom stereocenters. The number of rotatable bonds is 10. The first kappa shape index (κ1) is 26.0. The first-order valence-corrected chi connectivity index (χ1v) is 13.8. The fourth-order valence-electron chi connectivity index (χ4n) is 4.08. The predicted octanol–water partition coefficient (Wildman–Crippen LogP) is 5.43. The van der Waals surface area contributed by atoms with Gasteiger partial charge in [-0.1, -0.05) is 48.0 Å². The SMILES string of the molecule is O=S(=O)(c1ccc(CNCc2ccccn2)cc1)N(Cc1nc2ccccc2[nH]1)Cc1ccc(Cl)cc1F. The molecule has 10 heteroatoms. The number of H-pyrrole nitrogens is 1. The van der Waals surface area contributed by atoms with Gasteiger partial charge in [0.25, 0.3) is 0 Å². The van der Waals surface area contributed by atoms with Crippen LogP contribution in [0.2, 0.25) is 5.02 Å². The lowest BCUT2D eigenvalue weighted by Gasteiger charge is -2.22. The van der Waals surface area contributed by atoms with Crippen LogP contribution in [-0.4, -0.2) is 27.7 Å². The first-order valence-electron chi connectivity index (χ1n) is 12.0. The summed E-state index contributed by atoms with van der Waals surface area (Å²) in [5.41, 5.74) is 3.57. The molecule has 5 rings (SSSR count). The summed E-state index contributed by atoms with van der Waals surface area (Å²) < 4.78 is 43.4. The van der Waals surface area contributed by atoms with Gasteiger partial charge < -0.3 is 10.3 Å². The summed E-state index contributed by atoms with van der Waals surface area (Å²) in [6.07, 6.45) is 1.74. The minimum Gasteiger partial charge on any atom is -0.341 e. The van der Waals surface area contributed by atoms with Crippen LogP contribution in [0.15, 0.2) is 96.0 Å². The number of imidazole rings is 1. The normalized spacial score (nSPS) is 11.9. The van der Waals surface area contributed by atoms with Crippen LogP contribution in [0.5, 0.6) is 0 Å². The van der Waals surface area contributed by atoms with E-state index in [1.54, 1.807) is 36.5 Å². The lowest BCUT2D eigenvalue weighted by Crippen LogP contribution is -2.31. The number of nitrogens with one attached hydrogen (secondary N) is 2. The number of hydrogen-bond acceptors (Lipinski definition) is 5. The molecule has 194 valence electrons. The minimum atomic E-state index is -4.00. The van der Waals surface area contributed by atoms with Gasteiger partial charge in [-0.05, 0) is 54.1 Å². The number of hydrogen-bond donors (Lipinski definition) is 2. The van der Waals surface area contributed by atoms with Gasteiger partial charge in [0.1, 0.15) is 11.6 Å². The van der Waals surface area contributed by atoms with E-state index in [-0.39, 0.29) is 28.6 Å². The van der Waals surface area contributed by atoms with Crippen LogP contribution in [0.3, 0.4) is 0 Å². The second-order valence-electron chi connectivity index (χ2n) is 8.78. The van der Waals surface area contributed by atoms with Crippen molar-refractivity contribution in [2.45, 2.75) is 31.1 Å². The third-order valence-electron chi connectivity index (χ3n) is 6.05. The smallest absolute Gasteiger partial charge is 0.243 e. The van der Waals surface area contributed by atoms with Gasteiger partial charge in [0.15, 0.2) is 0 Å². The van der Waals surface area contributed by atoms with Crippen molar-refractivity contribution in [3.63, 3.8) is 0 Å². The highest BCUT2D eigenvalue weighted by Crippen LogP contribution is 2.24. The largest absolute Gasteiger partial charge is 0.341 e. The van der Waals surface area contributed by atoms with Crippen molar-refractivity contribution in [2.24, 2.45) is 0 Å². The molecule has 3 aromatic carbocycles. The standard InChI is InChI=1S/C28H25ClFN5O2S/c29-22-11-10-21(25(30)15-22)18-35(19-28-33-26-6-1-2-7-27(26)34-28)38(36,37)24-12-8-20(9-13-24)16-31-17-23-5-3-4-14-32-23/h1-15,31H,16-19H2,(H,33,34). The maximum atomic E-state index is 14.7. The summed E-state index contributed by atoms with van der Waals surface area (Å²) >= 11 is 5.90. The number of pyridine rings is 1. The number of sulfonamides is 1. The number of para-hydroxylation sites is 2. The quantitative estimate of drug-likeness (QED) is 0.242. The Kier molecular flexibility index (Phi) is 7.80. The van der Waals surface area contributed by atoms with Gasteiger partial charge in [0.2, 0.25) is 10.0 Å². The summed E-state index contributed by atoms with van der Waals surface area (Å²) in [6.45, 7) is 0.899. The Bertz CT molecular complexity index is 1610. The Labute approximate surface area is 225 Å². The van der Waals surface area contributed by atoms with E-state index in [4.69, 9.17) is 11.6 Å². The van der Waals surface area contributed by atoms with Crippen LogP contribution in [0.4, 0.5) is 4.39 Å². The molecule has 0 aliphatic heterocycles. The average Bonchev–Trinajstić information content (AvgIpc) is 3.33. The molecule has 0 saturated carbocycles. The van der Waals surface area contributed by atoms with Crippen molar-refractivity contribution in [1.82, 2.24) is 24.6 Å². The number of aromatic amines is 1. The average molecular weight is 550 g/mol. The molecule has 7 nitrogen and oxygen atoms in total. The van der Waals surface area contributed by atoms with Crippen molar-refractivity contribution < 1.29 is 12.8 Å². The van der Waals surface area contributed by atoms with Gasteiger partial charge in [-0.2, -0.15) is 4.31 Å². The molecule has 0 amide bonds. The number of halogens is 2. The summed E-state index contributed by atoms with van der Waals surface area (Å²) in [4.78, 5) is 12.1. The van der Waals surface area contributed by atoms with Gasteiger partial charge in [-0.15, -0.1) is 0 Å². The second-order valence-corrected chi connectivity index (χ2v) is 11.2.